The zero-order valence-corrected chi connectivity index (χ0v) is 11.9. The first kappa shape index (κ1) is 14.3. The summed E-state index contributed by atoms with van der Waals surface area (Å²) in [4.78, 5) is 16.3. The highest BCUT2D eigenvalue weighted by atomic mass is 35.5. The van der Waals surface area contributed by atoms with E-state index in [2.05, 4.69) is 15.6 Å². The molecule has 0 radical (unpaired) electrons. The van der Waals surface area contributed by atoms with Gasteiger partial charge in [0, 0.05) is 18.1 Å². The smallest absolute Gasteiger partial charge is 0.270 e. The third kappa shape index (κ3) is 3.96. The highest BCUT2D eigenvalue weighted by molar-refractivity contribution is 6.30. The number of carbonyl (C=O) groups is 1. The molecule has 1 amide bonds. The fraction of sp³-hybridized carbons (Fsp3) is 0.200. The number of halogens is 1. The van der Waals surface area contributed by atoms with E-state index in [4.69, 9.17) is 11.6 Å². The molecule has 0 unspecified atom stereocenters. The summed E-state index contributed by atoms with van der Waals surface area (Å²) in [6, 6.07) is 12.7. The molecule has 0 spiro atoms. The fourth-order valence-corrected chi connectivity index (χ4v) is 1.97. The van der Waals surface area contributed by atoms with Crippen LogP contribution in [0.5, 0.6) is 0 Å². The summed E-state index contributed by atoms with van der Waals surface area (Å²) in [5, 5.41) is 6.56. The number of hydrogen-bond donors (Lipinski definition) is 2. The minimum absolute atomic E-state index is 0.204. The molecule has 2 aromatic rings. The summed E-state index contributed by atoms with van der Waals surface area (Å²) in [5.74, 6) is 0.493. The third-order valence-electron chi connectivity index (χ3n) is 2.68. The quantitative estimate of drug-likeness (QED) is 0.889. The standard InChI is InChI=1S/C15H16ClN3O/c1-2-17-14-8-4-7-13(19-14)15(20)18-10-11-5-3-6-12(16)9-11/h3-9H,2,10H2,1H3,(H,17,19)(H,18,20). The van der Waals surface area contributed by atoms with Gasteiger partial charge in [0.25, 0.3) is 5.91 Å². The Morgan fingerprint density at radius 3 is 2.80 bits per heavy atom. The minimum Gasteiger partial charge on any atom is -0.370 e. The summed E-state index contributed by atoms with van der Waals surface area (Å²) < 4.78 is 0. The van der Waals surface area contributed by atoms with E-state index < -0.39 is 0 Å². The molecular formula is C15H16ClN3O. The summed E-state index contributed by atoms with van der Waals surface area (Å²) in [6.07, 6.45) is 0. The molecule has 0 bridgehead atoms. The zero-order valence-electron chi connectivity index (χ0n) is 11.2. The lowest BCUT2D eigenvalue weighted by Crippen LogP contribution is -2.24. The Hall–Kier alpha value is -2.07. The second kappa shape index (κ2) is 6.91. The van der Waals surface area contributed by atoms with Gasteiger partial charge in [0.15, 0.2) is 0 Å². The Balaban J connectivity index is 1.99. The van der Waals surface area contributed by atoms with Crippen LogP contribution in [0.4, 0.5) is 5.82 Å². The molecule has 104 valence electrons. The van der Waals surface area contributed by atoms with E-state index in [0.717, 1.165) is 12.1 Å². The van der Waals surface area contributed by atoms with Gasteiger partial charge in [-0.15, -0.1) is 0 Å². The number of benzene rings is 1. The Bertz CT molecular complexity index is 601. The molecule has 0 saturated heterocycles. The van der Waals surface area contributed by atoms with Crippen LogP contribution in [0.2, 0.25) is 5.02 Å². The molecule has 4 nitrogen and oxygen atoms in total. The Labute approximate surface area is 123 Å². The highest BCUT2D eigenvalue weighted by Crippen LogP contribution is 2.10. The van der Waals surface area contributed by atoms with E-state index in [1.165, 1.54) is 0 Å². The fourth-order valence-electron chi connectivity index (χ4n) is 1.76. The predicted molar refractivity (Wildman–Crippen MR) is 81.0 cm³/mol. The lowest BCUT2D eigenvalue weighted by molar-refractivity contribution is 0.0946. The van der Waals surface area contributed by atoms with Crippen LogP contribution < -0.4 is 10.6 Å². The first-order chi connectivity index (χ1) is 9.69. The maximum atomic E-state index is 12.0. The maximum absolute atomic E-state index is 12.0. The molecule has 0 saturated carbocycles. The molecule has 20 heavy (non-hydrogen) atoms. The van der Waals surface area contributed by atoms with Gasteiger partial charge in [-0.2, -0.15) is 0 Å². The van der Waals surface area contributed by atoms with Crippen LogP contribution >= 0.6 is 11.6 Å². The number of hydrogen-bond acceptors (Lipinski definition) is 3. The number of rotatable bonds is 5. The molecule has 0 aliphatic rings. The predicted octanol–water partition coefficient (Wildman–Crippen LogP) is 3.10. The second-order valence-electron chi connectivity index (χ2n) is 4.25. The molecule has 0 aliphatic carbocycles. The van der Waals surface area contributed by atoms with E-state index in [0.29, 0.717) is 23.1 Å². The Kier molecular flexibility index (Phi) is 4.96. The number of aromatic nitrogens is 1. The molecule has 0 fully saturated rings. The van der Waals surface area contributed by atoms with Gasteiger partial charge in [-0.05, 0) is 36.8 Å². The van der Waals surface area contributed by atoms with Crippen LogP contribution in [0, 0.1) is 0 Å². The van der Waals surface area contributed by atoms with Crippen LogP contribution in [0.3, 0.4) is 0 Å². The Morgan fingerprint density at radius 2 is 2.05 bits per heavy atom. The third-order valence-corrected chi connectivity index (χ3v) is 2.92. The van der Waals surface area contributed by atoms with E-state index in [1.54, 1.807) is 18.2 Å². The van der Waals surface area contributed by atoms with Crippen molar-refractivity contribution in [1.82, 2.24) is 10.3 Å². The van der Waals surface area contributed by atoms with Gasteiger partial charge in [-0.25, -0.2) is 4.98 Å². The first-order valence-corrected chi connectivity index (χ1v) is 6.80. The van der Waals surface area contributed by atoms with Crippen LogP contribution in [-0.2, 0) is 6.54 Å². The van der Waals surface area contributed by atoms with Crippen LogP contribution in [0.25, 0.3) is 0 Å². The summed E-state index contributed by atoms with van der Waals surface area (Å²) in [6.45, 7) is 3.17. The number of anilines is 1. The van der Waals surface area contributed by atoms with E-state index in [1.807, 2.05) is 31.2 Å². The lowest BCUT2D eigenvalue weighted by Gasteiger charge is -2.07. The molecule has 0 aliphatic heterocycles. The largest absolute Gasteiger partial charge is 0.370 e. The molecule has 5 heteroatoms. The van der Waals surface area contributed by atoms with E-state index in [-0.39, 0.29) is 5.91 Å². The van der Waals surface area contributed by atoms with Gasteiger partial charge in [-0.3, -0.25) is 4.79 Å². The average molecular weight is 290 g/mol. The van der Waals surface area contributed by atoms with Gasteiger partial charge in [0.1, 0.15) is 11.5 Å². The van der Waals surface area contributed by atoms with Crippen LogP contribution in [-0.4, -0.2) is 17.4 Å². The maximum Gasteiger partial charge on any atom is 0.270 e. The highest BCUT2D eigenvalue weighted by Gasteiger charge is 2.07. The minimum atomic E-state index is -0.204. The zero-order chi connectivity index (χ0) is 14.4. The van der Waals surface area contributed by atoms with Crippen molar-refractivity contribution >= 4 is 23.3 Å². The number of amides is 1. The van der Waals surface area contributed by atoms with E-state index >= 15 is 0 Å². The van der Waals surface area contributed by atoms with Crippen LogP contribution in [0.15, 0.2) is 42.5 Å². The molecular weight excluding hydrogens is 274 g/mol. The van der Waals surface area contributed by atoms with Crippen molar-refractivity contribution in [2.75, 3.05) is 11.9 Å². The monoisotopic (exact) mass is 289 g/mol. The molecule has 2 rings (SSSR count). The first-order valence-electron chi connectivity index (χ1n) is 6.42. The topological polar surface area (TPSA) is 54.0 Å². The summed E-state index contributed by atoms with van der Waals surface area (Å²) >= 11 is 5.90. The van der Waals surface area contributed by atoms with Crippen molar-refractivity contribution < 1.29 is 4.79 Å². The average Bonchev–Trinajstić information content (AvgIpc) is 2.45. The summed E-state index contributed by atoms with van der Waals surface area (Å²) in [5.41, 5.74) is 1.35. The number of carbonyl (C=O) groups excluding carboxylic acids is 1. The van der Waals surface area contributed by atoms with Crippen molar-refractivity contribution in [2.45, 2.75) is 13.5 Å². The number of pyridine rings is 1. The molecule has 2 N–H and O–H groups in total. The molecule has 1 aromatic heterocycles. The lowest BCUT2D eigenvalue weighted by atomic mass is 10.2. The molecule has 1 aromatic carbocycles. The molecule has 0 atom stereocenters. The van der Waals surface area contributed by atoms with Crippen LogP contribution in [0.1, 0.15) is 23.0 Å². The number of nitrogens with zero attached hydrogens (tertiary/aromatic N) is 1. The van der Waals surface area contributed by atoms with Crippen molar-refractivity contribution in [3.05, 3.63) is 58.7 Å². The van der Waals surface area contributed by atoms with Crippen molar-refractivity contribution in [1.29, 1.82) is 0 Å². The number of nitrogens with one attached hydrogen (secondary N) is 2. The van der Waals surface area contributed by atoms with Gasteiger partial charge < -0.3 is 10.6 Å². The van der Waals surface area contributed by atoms with Gasteiger partial charge in [0.05, 0.1) is 0 Å². The second-order valence-corrected chi connectivity index (χ2v) is 4.69. The van der Waals surface area contributed by atoms with Crippen molar-refractivity contribution in [2.24, 2.45) is 0 Å². The molecule has 1 heterocycles. The SMILES string of the molecule is CCNc1cccc(C(=O)NCc2cccc(Cl)c2)n1. The van der Waals surface area contributed by atoms with Gasteiger partial charge >= 0.3 is 0 Å². The Morgan fingerprint density at radius 1 is 1.25 bits per heavy atom. The van der Waals surface area contributed by atoms with Crippen molar-refractivity contribution in [3.63, 3.8) is 0 Å². The van der Waals surface area contributed by atoms with E-state index in [9.17, 15) is 4.79 Å². The van der Waals surface area contributed by atoms with Gasteiger partial charge in [-0.1, -0.05) is 29.8 Å². The van der Waals surface area contributed by atoms with Crippen molar-refractivity contribution in [3.8, 4) is 0 Å². The summed E-state index contributed by atoms with van der Waals surface area (Å²) in [7, 11) is 0. The van der Waals surface area contributed by atoms with Gasteiger partial charge in [0.2, 0.25) is 0 Å². The normalized spacial score (nSPS) is 10.1.